The summed E-state index contributed by atoms with van der Waals surface area (Å²) < 4.78 is 0.775. The van der Waals surface area contributed by atoms with Crippen LogP contribution in [0, 0.1) is 5.92 Å². The quantitative estimate of drug-likeness (QED) is 0.430. The highest BCUT2D eigenvalue weighted by atomic mass is 127. The van der Waals surface area contributed by atoms with Crippen LogP contribution in [0.3, 0.4) is 0 Å². The fraction of sp³-hybridized carbons (Fsp3) is 1.00. The maximum Gasteiger partial charge on any atom is 0.0652 e. The Labute approximate surface area is 103 Å². The van der Waals surface area contributed by atoms with Crippen LogP contribution in [0.1, 0.15) is 53.4 Å². The summed E-state index contributed by atoms with van der Waals surface area (Å²) >= 11 is 2.66. The first-order chi connectivity index (χ1) is 6.61. The minimum Gasteiger partial charge on any atom is -0.286 e. The molecule has 0 aromatic heterocycles. The summed E-state index contributed by atoms with van der Waals surface area (Å²) in [5, 5.41) is 0. The van der Waals surface area contributed by atoms with Gasteiger partial charge in [0, 0.05) is 12.1 Å². The lowest BCUT2D eigenvalue weighted by Gasteiger charge is -2.31. The van der Waals surface area contributed by atoms with Gasteiger partial charge in [0.15, 0.2) is 0 Å². The maximum atomic E-state index is 2.72. The molecule has 1 aliphatic heterocycles. The van der Waals surface area contributed by atoms with Gasteiger partial charge in [-0.25, -0.2) is 0 Å². The van der Waals surface area contributed by atoms with Gasteiger partial charge in [0.2, 0.25) is 0 Å². The van der Waals surface area contributed by atoms with Crippen molar-refractivity contribution in [2.75, 3.05) is 0 Å². The summed E-state index contributed by atoms with van der Waals surface area (Å²) in [4.78, 5) is 2.72. The second kappa shape index (κ2) is 5.69. The Morgan fingerprint density at radius 3 is 2.36 bits per heavy atom. The minimum absolute atomic E-state index is 0.712. The van der Waals surface area contributed by atoms with E-state index in [0.717, 1.165) is 16.0 Å². The molecule has 84 valence electrons. The standard InChI is InChI=1S/C12H24IN/c1-5-7-10-8-11(6-2)14(9(3)4)12(10)13/h9-12H,5-8H2,1-4H3/t10-,11+,12+/m0/s1. The van der Waals surface area contributed by atoms with E-state index >= 15 is 0 Å². The Morgan fingerprint density at radius 1 is 1.36 bits per heavy atom. The average molecular weight is 309 g/mol. The van der Waals surface area contributed by atoms with Gasteiger partial charge in [0.05, 0.1) is 4.05 Å². The van der Waals surface area contributed by atoms with Gasteiger partial charge in [-0.15, -0.1) is 0 Å². The van der Waals surface area contributed by atoms with Crippen LogP contribution in [0.4, 0.5) is 0 Å². The number of hydrogen-bond acceptors (Lipinski definition) is 1. The number of rotatable bonds is 4. The van der Waals surface area contributed by atoms with Gasteiger partial charge in [-0.1, -0.05) is 42.9 Å². The number of likely N-dealkylation sites (tertiary alicyclic amines) is 1. The Bertz CT molecular complexity index is 170. The molecule has 1 heterocycles. The van der Waals surface area contributed by atoms with Crippen LogP contribution in [0.15, 0.2) is 0 Å². The second-order valence-corrected chi connectivity index (χ2v) is 6.04. The first kappa shape index (κ1) is 12.8. The van der Waals surface area contributed by atoms with Gasteiger partial charge in [-0.2, -0.15) is 0 Å². The normalized spacial score (nSPS) is 34.3. The van der Waals surface area contributed by atoms with Gasteiger partial charge in [0.25, 0.3) is 0 Å². The van der Waals surface area contributed by atoms with Crippen LogP contribution in [-0.4, -0.2) is 21.0 Å². The van der Waals surface area contributed by atoms with E-state index in [0.29, 0.717) is 6.04 Å². The lowest BCUT2D eigenvalue weighted by Crippen LogP contribution is -2.39. The van der Waals surface area contributed by atoms with Gasteiger partial charge >= 0.3 is 0 Å². The third kappa shape index (κ3) is 2.63. The Morgan fingerprint density at radius 2 is 2.00 bits per heavy atom. The largest absolute Gasteiger partial charge is 0.286 e. The fourth-order valence-electron chi connectivity index (χ4n) is 2.74. The topological polar surface area (TPSA) is 3.24 Å². The number of hydrogen-bond donors (Lipinski definition) is 0. The molecule has 1 aliphatic rings. The van der Waals surface area contributed by atoms with Crippen LogP contribution in [0.5, 0.6) is 0 Å². The molecule has 0 amide bonds. The van der Waals surface area contributed by atoms with Crippen molar-refractivity contribution in [3.8, 4) is 0 Å². The molecule has 1 saturated heterocycles. The third-order valence-electron chi connectivity index (χ3n) is 3.40. The summed E-state index contributed by atoms with van der Waals surface area (Å²) in [6.45, 7) is 9.31. The molecule has 1 fully saturated rings. The third-order valence-corrected chi connectivity index (χ3v) is 5.06. The van der Waals surface area contributed by atoms with Crippen molar-refractivity contribution in [2.45, 2.75) is 69.5 Å². The summed E-state index contributed by atoms with van der Waals surface area (Å²) in [7, 11) is 0. The van der Waals surface area contributed by atoms with E-state index in [-0.39, 0.29) is 0 Å². The molecule has 3 atom stereocenters. The van der Waals surface area contributed by atoms with Gasteiger partial charge in [-0.3, -0.25) is 4.90 Å². The molecular weight excluding hydrogens is 285 g/mol. The minimum atomic E-state index is 0.712. The monoisotopic (exact) mass is 309 g/mol. The highest BCUT2D eigenvalue weighted by Gasteiger charge is 2.38. The molecule has 0 aromatic rings. The highest BCUT2D eigenvalue weighted by Crippen LogP contribution is 2.39. The Balaban J connectivity index is 2.64. The average Bonchev–Trinajstić information content (AvgIpc) is 2.44. The van der Waals surface area contributed by atoms with E-state index in [1.54, 1.807) is 0 Å². The molecule has 1 nitrogen and oxygen atoms in total. The molecule has 0 radical (unpaired) electrons. The van der Waals surface area contributed by atoms with Crippen LogP contribution in [0.2, 0.25) is 0 Å². The molecule has 0 aliphatic carbocycles. The number of halogens is 1. The molecule has 1 rings (SSSR count). The lowest BCUT2D eigenvalue weighted by molar-refractivity contribution is 0.187. The second-order valence-electron chi connectivity index (χ2n) is 4.76. The van der Waals surface area contributed by atoms with Crippen molar-refractivity contribution in [3.63, 3.8) is 0 Å². The fourth-order valence-corrected chi connectivity index (χ4v) is 4.49. The SMILES string of the molecule is CCC[C@H]1C[C@@H](CC)N(C(C)C)[C@H]1I. The van der Waals surface area contributed by atoms with E-state index in [2.05, 4.69) is 55.2 Å². The molecule has 0 spiro atoms. The van der Waals surface area contributed by atoms with Crippen LogP contribution < -0.4 is 0 Å². The molecular formula is C12H24IN. The van der Waals surface area contributed by atoms with Crippen molar-refractivity contribution in [2.24, 2.45) is 5.92 Å². The van der Waals surface area contributed by atoms with Crippen molar-refractivity contribution in [1.29, 1.82) is 0 Å². The van der Waals surface area contributed by atoms with Crippen LogP contribution in [-0.2, 0) is 0 Å². The van der Waals surface area contributed by atoms with Gasteiger partial charge < -0.3 is 0 Å². The molecule has 0 saturated carbocycles. The lowest BCUT2D eigenvalue weighted by atomic mass is 9.99. The smallest absolute Gasteiger partial charge is 0.0652 e. The van der Waals surface area contributed by atoms with Crippen LogP contribution >= 0.6 is 22.6 Å². The Kier molecular flexibility index (Phi) is 5.18. The summed E-state index contributed by atoms with van der Waals surface area (Å²) in [5.74, 6) is 0.938. The zero-order valence-electron chi connectivity index (χ0n) is 9.96. The van der Waals surface area contributed by atoms with Crippen molar-refractivity contribution >= 4 is 22.6 Å². The van der Waals surface area contributed by atoms with E-state index in [4.69, 9.17) is 0 Å². The molecule has 0 N–H and O–H groups in total. The maximum absolute atomic E-state index is 2.72. The molecule has 0 unspecified atom stereocenters. The molecule has 2 heteroatoms. The van der Waals surface area contributed by atoms with Crippen LogP contribution in [0.25, 0.3) is 0 Å². The van der Waals surface area contributed by atoms with E-state index in [9.17, 15) is 0 Å². The van der Waals surface area contributed by atoms with Crippen molar-refractivity contribution < 1.29 is 0 Å². The summed E-state index contributed by atoms with van der Waals surface area (Å²) in [5.41, 5.74) is 0. The number of alkyl halides is 1. The Hall–Kier alpha value is 0.690. The molecule has 14 heavy (non-hydrogen) atoms. The van der Waals surface area contributed by atoms with E-state index in [1.165, 1.54) is 25.7 Å². The van der Waals surface area contributed by atoms with Crippen molar-refractivity contribution in [3.05, 3.63) is 0 Å². The molecule has 0 aromatic carbocycles. The first-order valence-electron chi connectivity index (χ1n) is 6.03. The predicted octanol–water partition coefficient (Wildman–Crippen LogP) is 4.06. The van der Waals surface area contributed by atoms with Crippen molar-refractivity contribution in [1.82, 2.24) is 4.90 Å². The van der Waals surface area contributed by atoms with Gasteiger partial charge in [-0.05, 0) is 39.0 Å². The predicted molar refractivity (Wildman–Crippen MR) is 71.9 cm³/mol. The molecule has 0 bridgehead atoms. The number of nitrogens with zero attached hydrogens (tertiary/aromatic N) is 1. The summed E-state index contributed by atoms with van der Waals surface area (Å²) in [6, 6.07) is 1.55. The van der Waals surface area contributed by atoms with E-state index in [1.807, 2.05) is 0 Å². The highest BCUT2D eigenvalue weighted by molar-refractivity contribution is 14.1. The first-order valence-corrected chi connectivity index (χ1v) is 7.27. The van der Waals surface area contributed by atoms with Gasteiger partial charge in [0.1, 0.15) is 0 Å². The zero-order valence-corrected chi connectivity index (χ0v) is 12.1. The van der Waals surface area contributed by atoms with E-state index < -0.39 is 0 Å². The summed E-state index contributed by atoms with van der Waals surface area (Å²) in [6.07, 6.45) is 5.49. The zero-order chi connectivity index (χ0) is 10.7.